The summed E-state index contributed by atoms with van der Waals surface area (Å²) in [5.74, 6) is 0.796. The number of hydrogen-bond donors (Lipinski definition) is 1. The Bertz CT molecular complexity index is 780. The van der Waals surface area contributed by atoms with Crippen LogP contribution in [0, 0.1) is 20.8 Å². The molecular weight excluding hydrogens is 362 g/mol. The number of aromatic nitrogens is 1. The fraction of sp³-hybridized carbons (Fsp3) is 0.500. The summed E-state index contributed by atoms with van der Waals surface area (Å²) in [4.78, 5) is 20.1. The third-order valence-corrected chi connectivity index (χ3v) is 5.75. The Balaban J connectivity index is 1.59. The maximum absolute atomic E-state index is 12.7. The number of carbonyl (C=O) groups is 1. The van der Waals surface area contributed by atoms with Gasteiger partial charge in [-0.2, -0.15) is 0 Å². The highest BCUT2D eigenvalue weighted by Crippen LogP contribution is 2.27. The molecule has 0 spiro atoms. The van der Waals surface area contributed by atoms with E-state index in [1.165, 1.54) is 11.3 Å². The van der Waals surface area contributed by atoms with Crippen LogP contribution in [0.4, 0.5) is 5.13 Å². The van der Waals surface area contributed by atoms with Gasteiger partial charge in [0, 0.05) is 13.1 Å². The van der Waals surface area contributed by atoms with Gasteiger partial charge in [-0.15, -0.1) is 0 Å². The van der Waals surface area contributed by atoms with Crippen LogP contribution in [0.25, 0.3) is 0 Å². The van der Waals surface area contributed by atoms with Gasteiger partial charge in [-0.05, 0) is 38.8 Å². The summed E-state index contributed by atoms with van der Waals surface area (Å²) in [5, 5.41) is 3.91. The van der Waals surface area contributed by atoms with Crippen molar-refractivity contribution < 1.29 is 14.3 Å². The maximum atomic E-state index is 12.7. The summed E-state index contributed by atoms with van der Waals surface area (Å²) < 4.78 is 11.3. The van der Waals surface area contributed by atoms with Crippen LogP contribution >= 0.6 is 11.3 Å². The molecule has 0 aliphatic carbocycles. The van der Waals surface area contributed by atoms with Crippen molar-refractivity contribution in [2.45, 2.75) is 33.7 Å². The Morgan fingerprint density at radius 2 is 1.96 bits per heavy atom. The van der Waals surface area contributed by atoms with Gasteiger partial charge in [-0.25, -0.2) is 4.98 Å². The van der Waals surface area contributed by atoms with Crippen LogP contribution in [-0.2, 0) is 4.74 Å². The van der Waals surface area contributed by atoms with Gasteiger partial charge < -0.3 is 19.7 Å². The van der Waals surface area contributed by atoms with Crippen LogP contribution in [0.1, 0.15) is 33.4 Å². The van der Waals surface area contributed by atoms with Crippen LogP contribution in [0.15, 0.2) is 18.2 Å². The number of anilines is 1. The molecular formula is C20H27N3O3S. The van der Waals surface area contributed by atoms with Crippen molar-refractivity contribution in [3.05, 3.63) is 39.9 Å². The van der Waals surface area contributed by atoms with Gasteiger partial charge in [0.1, 0.15) is 17.2 Å². The Hall–Kier alpha value is -2.12. The van der Waals surface area contributed by atoms with E-state index in [-0.39, 0.29) is 11.9 Å². The fourth-order valence-corrected chi connectivity index (χ4v) is 4.07. The minimum absolute atomic E-state index is 0.0953. The predicted molar refractivity (Wildman–Crippen MR) is 108 cm³/mol. The molecule has 27 heavy (non-hydrogen) atoms. The zero-order valence-electron chi connectivity index (χ0n) is 16.4. The van der Waals surface area contributed by atoms with Crippen LogP contribution in [0.2, 0.25) is 0 Å². The lowest BCUT2D eigenvalue weighted by Crippen LogP contribution is -2.37. The first-order chi connectivity index (χ1) is 13.0. The van der Waals surface area contributed by atoms with Crippen molar-refractivity contribution in [3.63, 3.8) is 0 Å². The molecule has 1 unspecified atom stereocenters. The van der Waals surface area contributed by atoms with Gasteiger partial charge in [0.25, 0.3) is 5.91 Å². The van der Waals surface area contributed by atoms with E-state index < -0.39 is 0 Å². The Morgan fingerprint density at radius 1 is 1.30 bits per heavy atom. The van der Waals surface area contributed by atoms with Gasteiger partial charge in [0.2, 0.25) is 0 Å². The summed E-state index contributed by atoms with van der Waals surface area (Å²) in [6.07, 6.45) is 0. The standard InChI is InChI=1S/C20H27N3O3S/c1-13-6-5-7-14(2)17(13)26-12-15(3)21-19(24)18-16(4)22-20(27-18)23-8-10-25-11-9-23/h5-7,15H,8-12H2,1-4H3,(H,21,24). The predicted octanol–water partition coefficient (Wildman–Crippen LogP) is 3.10. The smallest absolute Gasteiger partial charge is 0.263 e. The number of morpholine rings is 1. The molecule has 1 N–H and O–H groups in total. The molecule has 1 aromatic heterocycles. The molecule has 7 heteroatoms. The largest absolute Gasteiger partial charge is 0.491 e. The number of para-hydroxylation sites is 1. The lowest BCUT2D eigenvalue weighted by molar-refractivity contribution is 0.0930. The van der Waals surface area contributed by atoms with E-state index in [1.54, 1.807) is 0 Å². The normalized spacial score (nSPS) is 15.5. The summed E-state index contributed by atoms with van der Waals surface area (Å²) >= 11 is 1.44. The van der Waals surface area contributed by atoms with Crippen LogP contribution in [0.3, 0.4) is 0 Å². The molecule has 1 amide bonds. The number of rotatable bonds is 6. The zero-order chi connectivity index (χ0) is 19.4. The van der Waals surface area contributed by atoms with Crippen molar-refractivity contribution in [1.29, 1.82) is 0 Å². The van der Waals surface area contributed by atoms with Crippen molar-refractivity contribution in [3.8, 4) is 5.75 Å². The molecule has 1 saturated heterocycles. The molecule has 1 aliphatic rings. The number of nitrogens with one attached hydrogen (secondary N) is 1. The molecule has 146 valence electrons. The fourth-order valence-electron chi connectivity index (χ4n) is 3.05. The van der Waals surface area contributed by atoms with Crippen molar-refractivity contribution in [2.24, 2.45) is 0 Å². The van der Waals surface area contributed by atoms with Gasteiger partial charge in [-0.3, -0.25) is 4.79 Å². The molecule has 1 fully saturated rings. The number of carbonyl (C=O) groups excluding carboxylic acids is 1. The number of thiazole rings is 1. The second kappa shape index (κ2) is 8.71. The molecule has 0 radical (unpaired) electrons. The van der Waals surface area contributed by atoms with Gasteiger partial charge in [-0.1, -0.05) is 29.5 Å². The minimum atomic E-state index is -0.107. The monoisotopic (exact) mass is 389 g/mol. The summed E-state index contributed by atoms with van der Waals surface area (Å²) in [5.41, 5.74) is 2.96. The van der Waals surface area contributed by atoms with Gasteiger partial charge in [0.15, 0.2) is 5.13 Å². The van der Waals surface area contributed by atoms with Crippen molar-refractivity contribution in [1.82, 2.24) is 10.3 Å². The van der Waals surface area contributed by atoms with E-state index in [4.69, 9.17) is 9.47 Å². The third kappa shape index (κ3) is 4.78. The quantitative estimate of drug-likeness (QED) is 0.822. The first kappa shape index (κ1) is 19.6. The first-order valence-electron chi connectivity index (χ1n) is 9.25. The van der Waals surface area contributed by atoms with E-state index in [9.17, 15) is 4.79 Å². The number of amides is 1. The molecule has 1 aromatic carbocycles. The van der Waals surface area contributed by atoms with E-state index in [0.717, 1.165) is 40.8 Å². The topological polar surface area (TPSA) is 63.7 Å². The summed E-state index contributed by atoms with van der Waals surface area (Å²) in [7, 11) is 0. The lowest BCUT2D eigenvalue weighted by atomic mass is 10.1. The minimum Gasteiger partial charge on any atom is -0.491 e. The summed E-state index contributed by atoms with van der Waals surface area (Å²) in [6, 6.07) is 5.96. The highest BCUT2D eigenvalue weighted by molar-refractivity contribution is 7.17. The number of nitrogens with zero attached hydrogens (tertiary/aromatic N) is 2. The molecule has 1 atom stereocenters. The Kier molecular flexibility index (Phi) is 6.34. The molecule has 2 aromatic rings. The number of benzene rings is 1. The Morgan fingerprint density at radius 3 is 2.63 bits per heavy atom. The number of ether oxygens (including phenoxy) is 2. The second-order valence-electron chi connectivity index (χ2n) is 6.92. The highest BCUT2D eigenvalue weighted by Gasteiger charge is 2.21. The SMILES string of the molecule is Cc1cccc(C)c1OCC(C)NC(=O)c1sc(N2CCOCC2)nc1C. The van der Waals surface area contributed by atoms with Gasteiger partial charge in [0.05, 0.1) is 24.9 Å². The molecule has 1 aliphatic heterocycles. The molecule has 6 nitrogen and oxygen atoms in total. The molecule has 0 bridgehead atoms. The first-order valence-corrected chi connectivity index (χ1v) is 10.1. The lowest BCUT2D eigenvalue weighted by Gasteiger charge is -2.26. The number of hydrogen-bond acceptors (Lipinski definition) is 6. The average molecular weight is 390 g/mol. The van der Waals surface area contributed by atoms with E-state index in [1.807, 2.05) is 45.9 Å². The van der Waals surface area contributed by atoms with Crippen molar-refractivity contribution >= 4 is 22.4 Å². The molecule has 0 saturated carbocycles. The van der Waals surface area contributed by atoms with Crippen LogP contribution in [-0.4, -0.2) is 49.8 Å². The summed E-state index contributed by atoms with van der Waals surface area (Å²) in [6.45, 7) is 11.3. The number of aryl methyl sites for hydroxylation is 3. The van der Waals surface area contributed by atoms with Crippen LogP contribution < -0.4 is 15.0 Å². The van der Waals surface area contributed by atoms with E-state index >= 15 is 0 Å². The highest BCUT2D eigenvalue weighted by atomic mass is 32.1. The Labute approximate surface area is 164 Å². The second-order valence-corrected chi connectivity index (χ2v) is 7.89. The van der Waals surface area contributed by atoms with E-state index in [2.05, 4.69) is 15.2 Å². The van der Waals surface area contributed by atoms with Crippen LogP contribution in [0.5, 0.6) is 5.75 Å². The molecule has 2 heterocycles. The molecule has 3 rings (SSSR count). The third-order valence-electron chi connectivity index (χ3n) is 4.54. The van der Waals surface area contributed by atoms with Crippen molar-refractivity contribution in [2.75, 3.05) is 37.8 Å². The zero-order valence-corrected chi connectivity index (χ0v) is 17.2. The van der Waals surface area contributed by atoms with E-state index in [0.29, 0.717) is 24.7 Å². The maximum Gasteiger partial charge on any atom is 0.263 e. The average Bonchev–Trinajstić information content (AvgIpc) is 3.04. The van der Waals surface area contributed by atoms with Gasteiger partial charge >= 0.3 is 0 Å².